The monoisotopic (exact) mass is 317 g/mol. The smallest absolute Gasteiger partial charge is 0.243 e. The average Bonchev–Trinajstić information content (AvgIpc) is 2.49. The minimum absolute atomic E-state index is 0.0672. The van der Waals surface area contributed by atoms with Crippen molar-refractivity contribution in [3.05, 3.63) is 29.1 Å². The molecular weight excluding hydrogens is 297 g/mol. The van der Waals surface area contributed by atoms with Gasteiger partial charge in [0.1, 0.15) is 5.82 Å². The second-order valence-corrected chi connectivity index (χ2v) is 7.10. The van der Waals surface area contributed by atoms with E-state index in [1.54, 1.807) is 7.11 Å². The lowest BCUT2D eigenvalue weighted by Gasteiger charge is -2.30. The molecule has 1 aromatic carbocycles. The third-order valence-corrected chi connectivity index (χ3v) is 5.92. The highest BCUT2D eigenvalue weighted by Gasteiger charge is 2.31. The number of hydrogen-bond donors (Lipinski definition) is 1. The molecule has 1 fully saturated rings. The summed E-state index contributed by atoms with van der Waals surface area (Å²) in [6.45, 7) is 1.74. The van der Waals surface area contributed by atoms with E-state index in [0.29, 0.717) is 25.9 Å². The number of rotatable bonds is 4. The summed E-state index contributed by atoms with van der Waals surface area (Å²) in [6.07, 6.45) is 1.31. The first-order valence-corrected chi connectivity index (χ1v) is 8.27. The average molecular weight is 317 g/mol. The number of piperidine rings is 1. The Kier molecular flexibility index (Phi) is 4.98. The predicted molar refractivity (Wildman–Crippen MR) is 75.8 cm³/mol. The number of aliphatic hydroxyl groups is 1. The zero-order valence-corrected chi connectivity index (χ0v) is 13.0. The van der Waals surface area contributed by atoms with E-state index in [1.807, 2.05) is 0 Å². The normalized spacial score (nSPS) is 18.1. The topological polar surface area (TPSA) is 66.8 Å². The van der Waals surface area contributed by atoms with E-state index in [9.17, 15) is 12.8 Å². The van der Waals surface area contributed by atoms with Crippen LogP contribution in [0.1, 0.15) is 24.0 Å². The first kappa shape index (κ1) is 16.4. The van der Waals surface area contributed by atoms with Crippen molar-refractivity contribution in [2.75, 3.05) is 20.2 Å². The van der Waals surface area contributed by atoms with E-state index < -0.39 is 22.4 Å². The van der Waals surface area contributed by atoms with E-state index in [4.69, 9.17) is 9.84 Å². The molecule has 0 saturated carbocycles. The largest absolute Gasteiger partial charge is 0.392 e. The van der Waals surface area contributed by atoms with Crippen LogP contribution in [0.5, 0.6) is 0 Å². The predicted octanol–water partition coefficient (Wildman–Crippen LogP) is 1.43. The number of sulfonamides is 1. The number of aliphatic hydroxyl groups excluding tert-OH is 1. The van der Waals surface area contributed by atoms with Crippen molar-refractivity contribution in [2.45, 2.75) is 37.4 Å². The van der Waals surface area contributed by atoms with E-state index in [2.05, 4.69) is 0 Å². The molecule has 1 saturated heterocycles. The van der Waals surface area contributed by atoms with Crippen molar-refractivity contribution in [2.24, 2.45) is 0 Å². The van der Waals surface area contributed by atoms with Crippen LogP contribution < -0.4 is 0 Å². The minimum Gasteiger partial charge on any atom is -0.392 e. The van der Waals surface area contributed by atoms with Gasteiger partial charge in [-0.2, -0.15) is 4.31 Å². The Hall–Kier alpha value is -1.02. The highest BCUT2D eigenvalue weighted by atomic mass is 32.2. The maximum Gasteiger partial charge on any atom is 0.243 e. The zero-order chi connectivity index (χ0) is 15.6. The Balaban J connectivity index is 2.34. The van der Waals surface area contributed by atoms with Gasteiger partial charge in [0.15, 0.2) is 0 Å². The Morgan fingerprint density at radius 1 is 1.38 bits per heavy atom. The molecule has 2 rings (SSSR count). The second kappa shape index (κ2) is 6.39. The Bertz CT molecular complexity index is 610. The highest BCUT2D eigenvalue weighted by molar-refractivity contribution is 7.89. The number of nitrogens with zero attached hydrogens (tertiary/aromatic N) is 1. The number of ether oxygens (including phenoxy) is 1. The summed E-state index contributed by atoms with van der Waals surface area (Å²) >= 11 is 0. The third-order valence-electron chi connectivity index (χ3n) is 3.89. The fraction of sp³-hybridized carbons (Fsp3) is 0.571. The maximum absolute atomic E-state index is 13.8. The number of methoxy groups -OCH3 is 1. The first-order chi connectivity index (χ1) is 9.90. The van der Waals surface area contributed by atoms with Crippen LogP contribution in [-0.2, 0) is 21.4 Å². The van der Waals surface area contributed by atoms with Crippen LogP contribution in [0.15, 0.2) is 17.0 Å². The minimum atomic E-state index is -3.75. The van der Waals surface area contributed by atoms with Crippen LogP contribution in [0, 0.1) is 12.7 Å². The van der Waals surface area contributed by atoms with Crippen molar-refractivity contribution in [3.63, 3.8) is 0 Å². The van der Waals surface area contributed by atoms with Crippen molar-refractivity contribution in [3.8, 4) is 0 Å². The second-order valence-electron chi connectivity index (χ2n) is 5.20. The fourth-order valence-corrected chi connectivity index (χ4v) is 4.27. The molecule has 0 aromatic heterocycles. The maximum atomic E-state index is 13.8. The molecule has 1 N–H and O–H groups in total. The van der Waals surface area contributed by atoms with Gasteiger partial charge in [0.05, 0.1) is 17.6 Å². The van der Waals surface area contributed by atoms with Gasteiger partial charge < -0.3 is 9.84 Å². The van der Waals surface area contributed by atoms with Crippen LogP contribution in [0.3, 0.4) is 0 Å². The lowest BCUT2D eigenvalue weighted by molar-refractivity contribution is 0.0604. The molecule has 21 heavy (non-hydrogen) atoms. The molecule has 1 aromatic rings. The van der Waals surface area contributed by atoms with E-state index >= 15 is 0 Å². The standard InChI is InChI=1S/C14H20FNO4S/c1-10-13(15)7-11(9-17)8-14(10)21(18,19)16-5-3-12(20-2)4-6-16/h7-8,12,17H,3-6,9H2,1-2H3. The van der Waals surface area contributed by atoms with Gasteiger partial charge in [-0.25, -0.2) is 12.8 Å². The molecule has 0 bridgehead atoms. The van der Waals surface area contributed by atoms with E-state index in [1.165, 1.54) is 17.3 Å². The molecule has 0 radical (unpaired) electrons. The van der Waals surface area contributed by atoms with Gasteiger partial charge in [0.2, 0.25) is 10.0 Å². The Morgan fingerprint density at radius 3 is 2.52 bits per heavy atom. The molecule has 0 atom stereocenters. The molecule has 7 heteroatoms. The van der Waals surface area contributed by atoms with Crippen molar-refractivity contribution in [1.82, 2.24) is 4.31 Å². The van der Waals surface area contributed by atoms with Gasteiger partial charge in [-0.1, -0.05) is 0 Å². The summed E-state index contributed by atoms with van der Waals surface area (Å²) in [6, 6.07) is 2.50. The summed E-state index contributed by atoms with van der Waals surface area (Å²) in [5.41, 5.74) is 0.338. The SMILES string of the molecule is COC1CCN(S(=O)(=O)c2cc(CO)cc(F)c2C)CC1. The molecule has 0 unspecified atom stereocenters. The molecule has 0 amide bonds. The summed E-state index contributed by atoms with van der Waals surface area (Å²) in [7, 11) is -2.14. The van der Waals surface area contributed by atoms with Gasteiger partial charge in [0, 0.05) is 25.8 Å². The molecule has 1 aliphatic rings. The van der Waals surface area contributed by atoms with Crippen LogP contribution in [0.4, 0.5) is 4.39 Å². The number of halogens is 1. The molecule has 1 aliphatic heterocycles. The van der Waals surface area contributed by atoms with Gasteiger partial charge >= 0.3 is 0 Å². The highest BCUT2D eigenvalue weighted by Crippen LogP contribution is 2.26. The van der Waals surface area contributed by atoms with E-state index in [0.717, 1.165) is 6.07 Å². The Labute approximate surface area is 124 Å². The fourth-order valence-electron chi connectivity index (χ4n) is 2.51. The first-order valence-electron chi connectivity index (χ1n) is 6.83. The van der Waals surface area contributed by atoms with Crippen molar-refractivity contribution >= 4 is 10.0 Å². The summed E-state index contributed by atoms with van der Waals surface area (Å²) in [4.78, 5) is -0.0672. The zero-order valence-electron chi connectivity index (χ0n) is 12.2. The van der Waals surface area contributed by atoms with Crippen LogP contribution in [0.2, 0.25) is 0 Å². The third kappa shape index (κ3) is 3.26. The number of hydrogen-bond acceptors (Lipinski definition) is 4. The van der Waals surface area contributed by atoms with Crippen molar-refractivity contribution in [1.29, 1.82) is 0 Å². The van der Waals surface area contributed by atoms with Gasteiger partial charge in [-0.3, -0.25) is 0 Å². The van der Waals surface area contributed by atoms with Crippen molar-refractivity contribution < 1.29 is 22.7 Å². The lowest BCUT2D eigenvalue weighted by atomic mass is 10.1. The van der Waals surface area contributed by atoms with Gasteiger partial charge in [0.25, 0.3) is 0 Å². The van der Waals surface area contributed by atoms with Gasteiger partial charge in [-0.05, 0) is 37.5 Å². The molecule has 0 aliphatic carbocycles. The van der Waals surface area contributed by atoms with E-state index in [-0.39, 0.29) is 22.1 Å². The van der Waals surface area contributed by atoms with Crippen LogP contribution in [0.25, 0.3) is 0 Å². The summed E-state index contributed by atoms with van der Waals surface area (Å²) in [5, 5.41) is 9.13. The Morgan fingerprint density at radius 2 is 2.00 bits per heavy atom. The summed E-state index contributed by atoms with van der Waals surface area (Å²) in [5.74, 6) is -0.619. The van der Waals surface area contributed by atoms with Crippen LogP contribution >= 0.6 is 0 Å². The molecule has 1 heterocycles. The molecule has 5 nitrogen and oxygen atoms in total. The number of benzene rings is 1. The summed E-state index contributed by atoms with van der Waals surface area (Å²) < 4.78 is 45.7. The quantitative estimate of drug-likeness (QED) is 0.912. The van der Waals surface area contributed by atoms with Crippen LogP contribution in [-0.4, -0.2) is 44.1 Å². The molecule has 0 spiro atoms. The lowest BCUT2D eigenvalue weighted by Crippen LogP contribution is -2.40. The van der Waals surface area contributed by atoms with Gasteiger partial charge in [-0.15, -0.1) is 0 Å². The molecular formula is C14H20FNO4S. The molecule has 118 valence electrons.